The van der Waals surface area contributed by atoms with E-state index in [-0.39, 0.29) is 11.3 Å². The van der Waals surface area contributed by atoms with Crippen LogP contribution in [0.5, 0.6) is 0 Å². The van der Waals surface area contributed by atoms with Crippen LogP contribution < -0.4 is 5.43 Å². The zero-order valence-corrected chi connectivity index (χ0v) is 14.1. The third-order valence-corrected chi connectivity index (χ3v) is 6.52. The number of rotatable bonds is 3. The number of hydrogen-bond donors (Lipinski definition) is 1. The zero-order valence-electron chi connectivity index (χ0n) is 14.1. The fourth-order valence-electron chi connectivity index (χ4n) is 5.69. The first kappa shape index (κ1) is 14.9. The van der Waals surface area contributed by atoms with Gasteiger partial charge in [-0.15, -0.1) is 0 Å². The van der Waals surface area contributed by atoms with Crippen molar-refractivity contribution in [2.45, 2.75) is 52.4 Å². The maximum absolute atomic E-state index is 12.4. The molecule has 0 spiro atoms. The number of hydrogen-bond acceptors (Lipinski definition) is 2. The molecule has 1 N–H and O–H groups in total. The Balaban J connectivity index is 1.51. The fourth-order valence-corrected chi connectivity index (χ4v) is 5.69. The lowest BCUT2D eigenvalue weighted by Crippen LogP contribution is -2.49. The van der Waals surface area contributed by atoms with Crippen LogP contribution in [-0.2, 0) is 0 Å². The van der Waals surface area contributed by atoms with Gasteiger partial charge in [0, 0.05) is 16.7 Å². The van der Waals surface area contributed by atoms with Crippen molar-refractivity contribution in [1.82, 2.24) is 5.43 Å². The SMILES string of the molecule is CC(=NNC(=O)c1ccccc1C)C12CC3CC(CC(C3)C1)C2. The Morgan fingerprint density at radius 2 is 1.65 bits per heavy atom. The highest BCUT2D eigenvalue weighted by atomic mass is 16.2. The summed E-state index contributed by atoms with van der Waals surface area (Å²) >= 11 is 0. The summed E-state index contributed by atoms with van der Waals surface area (Å²) in [5, 5.41) is 4.55. The Morgan fingerprint density at radius 1 is 1.09 bits per heavy atom. The molecule has 122 valence electrons. The molecule has 5 rings (SSSR count). The van der Waals surface area contributed by atoms with E-state index in [2.05, 4.69) is 17.5 Å². The Labute approximate surface area is 138 Å². The third-order valence-electron chi connectivity index (χ3n) is 6.52. The molecule has 0 heterocycles. The summed E-state index contributed by atoms with van der Waals surface area (Å²) in [5.74, 6) is 2.61. The summed E-state index contributed by atoms with van der Waals surface area (Å²) in [7, 11) is 0. The lowest BCUT2D eigenvalue weighted by molar-refractivity contribution is -0.0128. The molecule has 0 unspecified atom stereocenters. The summed E-state index contributed by atoms with van der Waals surface area (Å²) in [4.78, 5) is 12.4. The fraction of sp³-hybridized carbons (Fsp3) is 0.600. The standard InChI is InChI=1S/C20H26N2O/c1-13-5-3-4-6-18(13)19(23)22-21-14(2)20-10-15-7-16(11-20)9-17(8-15)12-20/h3-6,15-17H,7-12H2,1-2H3,(H,22,23). The number of nitrogens with one attached hydrogen (secondary N) is 1. The molecule has 4 saturated carbocycles. The maximum Gasteiger partial charge on any atom is 0.271 e. The van der Waals surface area contributed by atoms with Gasteiger partial charge in [0.2, 0.25) is 0 Å². The molecule has 23 heavy (non-hydrogen) atoms. The molecule has 1 aromatic rings. The van der Waals surface area contributed by atoms with Crippen LogP contribution in [0.15, 0.2) is 29.4 Å². The van der Waals surface area contributed by atoms with Gasteiger partial charge in [-0.1, -0.05) is 18.2 Å². The molecular weight excluding hydrogens is 284 g/mol. The van der Waals surface area contributed by atoms with Crippen molar-refractivity contribution in [2.75, 3.05) is 0 Å². The van der Waals surface area contributed by atoms with E-state index in [4.69, 9.17) is 0 Å². The highest BCUT2D eigenvalue weighted by Gasteiger charge is 2.52. The van der Waals surface area contributed by atoms with Gasteiger partial charge in [-0.05, 0) is 81.8 Å². The Morgan fingerprint density at radius 3 is 2.22 bits per heavy atom. The van der Waals surface area contributed by atoms with E-state index in [1.807, 2.05) is 31.2 Å². The normalized spacial score (nSPS) is 35.4. The summed E-state index contributed by atoms with van der Waals surface area (Å²) in [5.41, 5.74) is 5.95. The summed E-state index contributed by atoms with van der Waals surface area (Å²) in [6.07, 6.45) is 8.16. The number of carbonyl (C=O) groups is 1. The Bertz CT molecular complexity index is 626. The number of amides is 1. The minimum Gasteiger partial charge on any atom is -0.267 e. The smallest absolute Gasteiger partial charge is 0.267 e. The van der Waals surface area contributed by atoms with Crippen molar-refractivity contribution < 1.29 is 4.79 Å². The van der Waals surface area contributed by atoms with E-state index in [1.165, 1.54) is 38.5 Å². The van der Waals surface area contributed by atoms with E-state index in [9.17, 15) is 4.79 Å². The molecule has 4 fully saturated rings. The Kier molecular flexibility index (Phi) is 3.55. The molecule has 1 amide bonds. The van der Waals surface area contributed by atoms with Crippen LogP contribution in [0.4, 0.5) is 0 Å². The molecule has 0 saturated heterocycles. The van der Waals surface area contributed by atoms with Crippen molar-refractivity contribution in [1.29, 1.82) is 0 Å². The van der Waals surface area contributed by atoms with Gasteiger partial charge in [-0.25, -0.2) is 5.43 Å². The summed E-state index contributed by atoms with van der Waals surface area (Å²) < 4.78 is 0. The van der Waals surface area contributed by atoms with E-state index in [1.54, 1.807) is 0 Å². The van der Waals surface area contributed by atoms with Crippen LogP contribution in [0.2, 0.25) is 0 Å². The molecular formula is C20H26N2O. The second-order valence-corrected chi connectivity index (χ2v) is 8.15. The van der Waals surface area contributed by atoms with E-state index in [0.29, 0.717) is 0 Å². The first-order chi connectivity index (χ1) is 11.1. The van der Waals surface area contributed by atoms with Crippen LogP contribution in [0.1, 0.15) is 61.4 Å². The van der Waals surface area contributed by atoms with E-state index >= 15 is 0 Å². The minimum atomic E-state index is -0.0906. The number of hydrazone groups is 1. The van der Waals surface area contributed by atoms with Gasteiger partial charge in [0.1, 0.15) is 0 Å². The Hall–Kier alpha value is -1.64. The third kappa shape index (κ3) is 2.60. The molecule has 4 bridgehead atoms. The van der Waals surface area contributed by atoms with Crippen molar-refractivity contribution >= 4 is 11.6 Å². The van der Waals surface area contributed by atoms with Gasteiger partial charge in [-0.3, -0.25) is 4.79 Å². The lowest BCUT2D eigenvalue weighted by atomic mass is 9.48. The molecule has 4 aliphatic carbocycles. The summed E-state index contributed by atoms with van der Waals surface area (Å²) in [6, 6.07) is 7.68. The molecule has 3 nitrogen and oxygen atoms in total. The molecule has 1 aromatic carbocycles. The highest BCUT2D eigenvalue weighted by molar-refractivity contribution is 5.97. The van der Waals surface area contributed by atoms with Crippen molar-refractivity contribution in [3.8, 4) is 0 Å². The topological polar surface area (TPSA) is 41.5 Å². The van der Waals surface area contributed by atoms with Gasteiger partial charge < -0.3 is 0 Å². The molecule has 0 aromatic heterocycles. The molecule has 0 radical (unpaired) electrons. The number of carbonyl (C=O) groups excluding carboxylic acids is 1. The minimum absolute atomic E-state index is 0.0906. The quantitative estimate of drug-likeness (QED) is 0.655. The van der Waals surface area contributed by atoms with Gasteiger partial charge in [0.15, 0.2) is 0 Å². The second-order valence-electron chi connectivity index (χ2n) is 8.15. The second kappa shape index (κ2) is 5.47. The summed E-state index contributed by atoms with van der Waals surface area (Å²) in [6.45, 7) is 4.09. The number of nitrogens with zero attached hydrogens (tertiary/aromatic N) is 1. The first-order valence-corrected chi connectivity index (χ1v) is 8.96. The number of benzene rings is 1. The van der Waals surface area contributed by atoms with Gasteiger partial charge in [0.25, 0.3) is 5.91 Å². The lowest BCUT2D eigenvalue weighted by Gasteiger charge is -2.56. The molecule has 0 atom stereocenters. The van der Waals surface area contributed by atoms with Crippen molar-refractivity contribution in [3.05, 3.63) is 35.4 Å². The largest absolute Gasteiger partial charge is 0.271 e. The monoisotopic (exact) mass is 310 g/mol. The van der Waals surface area contributed by atoms with Gasteiger partial charge >= 0.3 is 0 Å². The average molecular weight is 310 g/mol. The number of aryl methyl sites for hydroxylation is 1. The maximum atomic E-state index is 12.4. The van der Waals surface area contributed by atoms with Crippen LogP contribution in [0.3, 0.4) is 0 Å². The predicted octanol–water partition coefficient (Wildman–Crippen LogP) is 4.32. The first-order valence-electron chi connectivity index (χ1n) is 8.96. The van der Waals surface area contributed by atoms with Crippen LogP contribution in [-0.4, -0.2) is 11.6 Å². The van der Waals surface area contributed by atoms with Gasteiger partial charge in [0.05, 0.1) is 0 Å². The highest BCUT2D eigenvalue weighted by Crippen LogP contribution is 2.60. The molecule has 3 heteroatoms. The van der Waals surface area contributed by atoms with Crippen LogP contribution >= 0.6 is 0 Å². The molecule has 0 aliphatic heterocycles. The van der Waals surface area contributed by atoms with Crippen molar-refractivity contribution in [2.24, 2.45) is 28.3 Å². The molecule has 4 aliphatic rings. The van der Waals surface area contributed by atoms with Crippen molar-refractivity contribution in [3.63, 3.8) is 0 Å². The average Bonchev–Trinajstić information content (AvgIpc) is 2.51. The predicted molar refractivity (Wildman–Crippen MR) is 92.4 cm³/mol. The van der Waals surface area contributed by atoms with E-state index in [0.717, 1.165) is 34.6 Å². The zero-order chi connectivity index (χ0) is 16.0. The van der Waals surface area contributed by atoms with Crippen LogP contribution in [0.25, 0.3) is 0 Å². The van der Waals surface area contributed by atoms with Gasteiger partial charge in [-0.2, -0.15) is 5.10 Å². The van der Waals surface area contributed by atoms with Crippen LogP contribution in [0, 0.1) is 30.1 Å². The van der Waals surface area contributed by atoms with E-state index < -0.39 is 0 Å².